The summed E-state index contributed by atoms with van der Waals surface area (Å²) in [7, 11) is -16.4. The molecule has 1 fully saturated rings. The van der Waals surface area contributed by atoms with Gasteiger partial charge in [-0.1, -0.05) is 168 Å². The number of nitrogens with one attached hydrogen (secondary N) is 2. The number of ether oxygens (including phenoxy) is 1. The Morgan fingerprint density at radius 1 is 0.800 bits per heavy atom. The Morgan fingerprint density at radius 2 is 1.36 bits per heavy atom. The minimum atomic E-state index is -5.58. The number of nitrogens with zero attached hydrogens (tertiary/aromatic N) is 4. The molecule has 0 aromatic carbocycles. The number of rotatable bonds is 42. The van der Waals surface area contributed by atoms with E-state index in [2.05, 4.69) is 48.3 Å². The number of aliphatic hydroxyl groups excluding tert-OH is 2. The standard InChI is InChI=1S/C47H86N7O17P3S/c1-5-6-7-18-21-24-35(2)25-22-19-16-14-12-10-8-9-11-13-15-17-20-23-26-38(56)75-30-29-49-37(55)27-28-50-45(59)42(58)47(3,4)32-68-74(65,66)71-73(63,64)67-31-36-41(70-72(60,61)62)40(57)46(69-36)54-34-53-39-43(48)51-33-52-44(39)54/h33-36,40-42,46,57-58H,5-32H2,1-4H3,(H,49,55)(H,50,59)(H,63,64)(H,65,66)(H2,48,51,52)(H2,60,61,62). The fourth-order valence-corrected chi connectivity index (χ4v) is 12.0. The van der Waals surface area contributed by atoms with Crippen molar-refractivity contribution < 1.29 is 80.5 Å². The second kappa shape index (κ2) is 34.5. The maximum absolute atomic E-state index is 12.8. The topological polar surface area (TPSA) is 364 Å². The van der Waals surface area contributed by atoms with Gasteiger partial charge in [-0.25, -0.2) is 28.6 Å². The lowest BCUT2D eigenvalue weighted by Gasteiger charge is -2.30. The van der Waals surface area contributed by atoms with Crippen LogP contribution in [0.2, 0.25) is 0 Å². The van der Waals surface area contributed by atoms with Gasteiger partial charge in [0.15, 0.2) is 22.8 Å². The number of aromatic nitrogens is 4. The van der Waals surface area contributed by atoms with Crippen LogP contribution in [0.4, 0.5) is 5.82 Å². The molecule has 3 rings (SSSR count). The van der Waals surface area contributed by atoms with Gasteiger partial charge < -0.3 is 50.9 Å². The van der Waals surface area contributed by atoms with Gasteiger partial charge in [0.25, 0.3) is 0 Å². The Bertz CT molecular complexity index is 2160. The van der Waals surface area contributed by atoms with E-state index >= 15 is 0 Å². The Kier molecular flexibility index (Phi) is 30.8. The highest BCUT2D eigenvalue weighted by Gasteiger charge is 2.50. The lowest BCUT2D eigenvalue weighted by atomic mass is 9.87. The molecule has 10 N–H and O–H groups in total. The van der Waals surface area contributed by atoms with Crippen molar-refractivity contribution in [1.82, 2.24) is 30.2 Å². The van der Waals surface area contributed by atoms with Gasteiger partial charge in [0.1, 0.15) is 36.3 Å². The first-order valence-corrected chi connectivity index (χ1v) is 32.0. The van der Waals surface area contributed by atoms with E-state index in [1.807, 2.05) is 0 Å². The fourth-order valence-electron chi connectivity index (χ4n) is 8.49. The lowest BCUT2D eigenvalue weighted by Crippen LogP contribution is -2.46. The third-order valence-electron chi connectivity index (χ3n) is 12.9. The van der Waals surface area contributed by atoms with Gasteiger partial charge in [-0.15, -0.1) is 0 Å². The summed E-state index contributed by atoms with van der Waals surface area (Å²) in [6.45, 7) is 5.28. The number of nitrogen functional groups attached to an aromatic ring is 1. The molecule has 3 heterocycles. The summed E-state index contributed by atoms with van der Waals surface area (Å²) in [4.78, 5) is 88.7. The van der Waals surface area contributed by atoms with Crippen molar-refractivity contribution in [3.8, 4) is 0 Å². The molecule has 8 unspecified atom stereocenters. The first kappa shape index (κ1) is 66.8. The van der Waals surface area contributed by atoms with Gasteiger partial charge in [-0.2, -0.15) is 4.31 Å². The number of carbonyl (C=O) groups excluding carboxylic acids is 3. The zero-order valence-corrected chi connectivity index (χ0v) is 47.7. The summed E-state index contributed by atoms with van der Waals surface area (Å²) in [6.07, 6.45) is 20.8. The molecule has 0 bridgehead atoms. The number of aliphatic hydroxyl groups is 2. The smallest absolute Gasteiger partial charge is 0.386 e. The Hall–Kier alpha value is -2.44. The van der Waals surface area contributed by atoms with E-state index in [-0.39, 0.29) is 41.6 Å². The summed E-state index contributed by atoms with van der Waals surface area (Å²) in [5, 5.41) is 26.8. The number of phosphoric ester groups is 3. The molecule has 1 saturated heterocycles. The molecule has 0 aliphatic carbocycles. The molecule has 28 heteroatoms. The van der Waals surface area contributed by atoms with E-state index in [9.17, 15) is 57.9 Å². The van der Waals surface area contributed by atoms with Crippen LogP contribution in [0.1, 0.15) is 182 Å². The van der Waals surface area contributed by atoms with E-state index in [0.29, 0.717) is 12.2 Å². The van der Waals surface area contributed by atoms with Gasteiger partial charge in [-0.3, -0.25) is 32.5 Å². The average molecular weight is 1150 g/mol. The van der Waals surface area contributed by atoms with Crippen LogP contribution in [0, 0.1) is 11.3 Å². The number of fused-ring (bicyclic) bond motifs is 1. The third kappa shape index (κ3) is 26.8. The monoisotopic (exact) mass is 1150 g/mol. The molecule has 8 atom stereocenters. The number of amides is 2. The number of anilines is 1. The van der Waals surface area contributed by atoms with Crippen molar-refractivity contribution in [2.24, 2.45) is 11.3 Å². The van der Waals surface area contributed by atoms with E-state index in [1.165, 1.54) is 129 Å². The van der Waals surface area contributed by atoms with Crippen molar-refractivity contribution in [2.75, 3.05) is 37.8 Å². The third-order valence-corrected chi connectivity index (χ3v) is 16.9. The summed E-state index contributed by atoms with van der Waals surface area (Å²) in [6, 6.07) is 0. The molecule has 0 radical (unpaired) electrons. The number of unbranched alkanes of at least 4 members (excludes halogenated alkanes) is 17. The maximum atomic E-state index is 12.8. The van der Waals surface area contributed by atoms with Gasteiger partial charge >= 0.3 is 23.5 Å². The van der Waals surface area contributed by atoms with Gasteiger partial charge in [-0.05, 0) is 12.3 Å². The molecule has 24 nitrogen and oxygen atoms in total. The molecule has 1 aliphatic rings. The highest BCUT2D eigenvalue weighted by Crippen LogP contribution is 2.61. The Morgan fingerprint density at radius 3 is 1.95 bits per heavy atom. The average Bonchev–Trinajstić information content (AvgIpc) is 3.90. The maximum Gasteiger partial charge on any atom is 0.481 e. The van der Waals surface area contributed by atoms with Gasteiger partial charge in [0.05, 0.1) is 19.5 Å². The van der Waals surface area contributed by atoms with E-state index in [0.717, 1.165) is 54.2 Å². The summed E-state index contributed by atoms with van der Waals surface area (Å²) in [5.41, 5.74) is 4.30. The summed E-state index contributed by atoms with van der Waals surface area (Å²) in [5.74, 6) is -0.132. The molecule has 2 amide bonds. The van der Waals surface area contributed by atoms with Crippen LogP contribution < -0.4 is 16.4 Å². The van der Waals surface area contributed by atoms with Crippen molar-refractivity contribution >= 4 is 69.1 Å². The minimum absolute atomic E-state index is 0.0346. The first-order chi connectivity index (χ1) is 35.4. The second-order valence-corrected chi connectivity index (χ2v) is 25.5. The minimum Gasteiger partial charge on any atom is -0.386 e. The highest BCUT2D eigenvalue weighted by molar-refractivity contribution is 8.13. The molecular weight excluding hydrogens is 1060 g/mol. The van der Waals surface area contributed by atoms with Crippen LogP contribution in [0.5, 0.6) is 0 Å². The highest BCUT2D eigenvalue weighted by atomic mass is 32.2. The normalized spacial score (nSPS) is 19.7. The molecule has 2 aromatic heterocycles. The molecule has 2 aromatic rings. The van der Waals surface area contributed by atoms with Gasteiger partial charge in [0.2, 0.25) is 11.8 Å². The van der Waals surface area contributed by atoms with Crippen LogP contribution in [-0.4, -0.2) is 123 Å². The largest absolute Gasteiger partial charge is 0.481 e. The molecule has 75 heavy (non-hydrogen) atoms. The molecule has 0 saturated carbocycles. The van der Waals surface area contributed by atoms with E-state index < -0.39 is 84.6 Å². The molecule has 1 aliphatic heterocycles. The van der Waals surface area contributed by atoms with E-state index in [1.54, 1.807) is 0 Å². The van der Waals surface area contributed by atoms with Crippen molar-refractivity contribution in [3.63, 3.8) is 0 Å². The molecule has 0 spiro atoms. The zero-order chi connectivity index (χ0) is 55.5. The van der Waals surface area contributed by atoms with Crippen LogP contribution in [-0.2, 0) is 50.7 Å². The number of nitrogens with two attached hydrogens (primary N) is 1. The van der Waals surface area contributed by atoms with E-state index in [4.69, 9.17) is 19.5 Å². The van der Waals surface area contributed by atoms with Gasteiger partial charge in [0, 0.05) is 37.1 Å². The quantitative estimate of drug-likeness (QED) is 0.0225. The molecular formula is C47H86N7O17P3S. The predicted molar refractivity (Wildman–Crippen MR) is 284 cm³/mol. The predicted octanol–water partition coefficient (Wildman–Crippen LogP) is 7.90. The SMILES string of the molecule is CCCCCCCC(C)CCCCCCCCCCCCCCCCC(=O)SCCNC(=O)CCNC(=O)C(O)C(C)(C)COP(=O)(O)OP(=O)(O)OCC1OC(n2cnc3c(N)ncnc32)C(O)C1OP(=O)(O)O. The number of thioether (sulfide) groups is 1. The second-order valence-electron chi connectivity index (χ2n) is 20.1. The zero-order valence-electron chi connectivity index (χ0n) is 44.2. The van der Waals surface area contributed by atoms with Crippen LogP contribution in [0.15, 0.2) is 12.7 Å². The number of imidazole rings is 1. The Balaban J connectivity index is 1.21. The van der Waals surface area contributed by atoms with Crippen LogP contribution in [0.3, 0.4) is 0 Å². The number of hydrogen-bond donors (Lipinski definition) is 9. The summed E-state index contributed by atoms with van der Waals surface area (Å²) >= 11 is 1.16. The number of hydrogen-bond acceptors (Lipinski definition) is 18. The van der Waals surface area contributed by atoms with Crippen LogP contribution >= 0.6 is 35.2 Å². The van der Waals surface area contributed by atoms with Crippen molar-refractivity contribution in [1.29, 1.82) is 0 Å². The first-order valence-electron chi connectivity index (χ1n) is 26.5. The van der Waals surface area contributed by atoms with Crippen molar-refractivity contribution in [3.05, 3.63) is 12.7 Å². The fraction of sp³-hybridized carbons (Fsp3) is 0.830. The lowest BCUT2D eigenvalue weighted by molar-refractivity contribution is -0.137. The van der Waals surface area contributed by atoms with Crippen LogP contribution in [0.25, 0.3) is 11.2 Å². The Labute approximate surface area is 446 Å². The molecule has 432 valence electrons. The summed E-state index contributed by atoms with van der Waals surface area (Å²) < 4.78 is 62.6. The number of phosphoric acid groups is 3. The van der Waals surface area contributed by atoms with Crippen molar-refractivity contribution in [2.45, 2.75) is 206 Å². The number of carbonyl (C=O) groups is 3.